The predicted molar refractivity (Wildman–Crippen MR) is 96.0 cm³/mol. The highest BCUT2D eigenvalue weighted by Gasteiger charge is 2.26. The number of amides is 2. The molecule has 3 rings (SSSR count). The van der Waals surface area contributed by atoms with Crippen LogP contribution in [0.5, 0.6) is 0 Å². The van der Waals surface area contributed by atoms with Crippen LogP contribution in [0, 0.1) is 6.92 Å². The van der Waals surface area contributed by atoms with Crippen molar-refractivity contribution >= 4 is 34.1 Å². The lowest BCUT2D eigenvalue weighted by Crippen LogP contribution is -2.35. The second-order valence-electron chi connectivity index (χ2n) is 5.84. The summed E-state index contributed by atoms with van der Waals surface area (Å²) < 4.78 is 5.61. The summed E-state index contributed by atoms with van der Waals surface area (Å²) in [4.78, 5) is 35.1. The van der Waals surface area contributed by atoms with E-state index in [1.165, 1.54) is 18.3 Å². The molecule has 0 bridgehead atoms. The monoisotopic (exact) mass is 360 g/mol. The molecule has 8 heteroatoms. The number of nitrogens with one attached hydrogen (secondary N) is 1. The van der Waals surface area contributed by atoms with Crippen LogP contribution in [0.25, 0.3) is 0 Å². The minimum atomic E-state index is -0.277. The third-order valence-electron chi connectivity index (χ3n) is 3.92. The van der Waals surface area contributed by atoms with Crippen LogP contribution in [0.3, 0.4) is 0 Å². The highest BCUT2D eigenvalue weighted by Crippen LogP contribution is 2.28. The van der Waals surface area contributed by atoms with Crippen molar-refractivity contribution in [2.45, 2.75) is 32.8 Å². The van der Waals surface area contributed by atoms with Gasteiger partial charge in [0.1, 0.15) is 10.7 Å². The van der Waals surface area contributed by atoms with Gasteiger partial charge in [0.25, 0.3) is 5.91 Å². The number of carbonyl (C=O) groups excluding carboxylic acids is 2. The summed E-state index contributed by atoms with van der Waals surface area (Å²) in [5.41, 5.74) is 0.590. The highest BCUT2D eigenvalue weighted by molar-refractivity contribution is 7.17. The first-order chi connectivity index (χ1) is 12.0. The number of carbonyl (C=O) groups is 2. The van der Waals surface area contributed by atoms with Gasteiger partial charge in [-0.2, -0.15) is 0 Å². The van der Waals surface area contributed by atoms with E-state index in [-0.39, 0.29) is 17.9 Å². The van der Waals surface area contributed by atoms with E-state index in [0.29, 0.717) is 28.1 Å². The van der Waals surface area contributed by atoms with Gasteiger partial charge in [0.15, 0.2) is 5.13 Å². The van der Waals surface area contributed by atoms with Crippen LogP contribution in [-0.4, -0.2) is 41.0 Å². The van der Waals surface area contributed by atoms with Gasteiger partial charge >= 0.3 is 0 Å². The van der Waals surface area contributed by atoms with Gasteiger partial charge in [-0.05, 0) is 31.9 Å². The second-order valence-corrected chi connectivity index (χ2v) is 6.82. The Bertz CT molecular complexity index is 757. The summed E-state index contributed by atoms with van der Waals surface area (Å²) in [5, 5.41) is 3.27. The molecule has 1 N–H and O–H groups in total. The molecule has 2 aromatic heterocycles. The highest BCUT2D eigenvalue weighted by atomic mass is 32.1. The van der Waals surface area contributed by atoms with Gasteiger partial charge in [-0.15, -0.1) is 0 Å². The van der Waals surface area contributed by atoms with Gasteiger partial charge in [0.2, 0.25) is 5.91 Å². The molecule has 25 heavy (non-hydrogen) atoms. The van der Waals surface area contributed by atoms with Gasteiger partial charge < -0.3 is 10.1 Å². The van der Waals surface area contributed by atoms with Crippen LogP contribution in [0.2, 0.25) is 0 Å². The topological polar surface area (TPSA) is 84.4 Å². The number of hydrogen-bond donors (Lipinski definition) is 1. The summed E-state index contributed by atoms with van der Waals surface area (Å²) in [6.45, 7) is 4.45. The molecule has 1 aliphatic heterocycles. The molecule has 1 saturated heterocycles. The first kappa shape index (κ1) is 17.5. The molecule has 2 aromatic rings. The standard InChI is InChI=1S/C17H20N4O3S/c1-11-15(16(23)20-14-7-3-4-8-18-14)25-17(19-11)21(12(2)22)10-13-6-5-9-24-13/h3-4,7-8,13H,5-6,9-10H2,1-2H3,(H,18,20,23)/t13-/m0/s1. The van der Waals surface area contributed by atoms with Crippen LogP contribution in [-0.2, 0) is 9.53 Å². The van der Waals surface area contributed by atoms with E-state index in [1.807, 2.05) is 0 Å². The smallest absolute Gasteiger partial charge is 0.268 e. The Kier molecular flexibility index (Phi) is 5.40. The summed E-state index contributed by atoms with van der Waals surface area (Å²) in [7, 11) is 0. The molecule has 0 aromatic carbocycles. The van der Waals surface area contributed by atoms with Crippen molar-refractivity contribution in [3.8, 4) is 0 Å². The summed E-state index contributed by atoms with van der Waals surface area (Å²) in [6.07, 6.45) is 3.57. The molecule has 0 saturated carbocycles. The van der Waals surface area contributed by atoms with E-state index < -0.39 is 0 Å². The number of pyridine rings is 1. The fourth-order valence-electron chi connectivity index (χ4n) is 2.65. The lowest BCUT2D eigenvalue weighted by molar-refractivity contribution is -0.116. The van der Waals surface area contributed by atoms with Crippen LogP contribution >= 0.6 is 11.3 Å². The lowest BCUT2D eigenvalue weighted by Gasteiger charge is -2.21. The summed E-state index contributed by atoms with van der Waals surface area (Å²) in [6, 6.07) is 5.29. The minimum absolute atomic E-state index is 0.0268. The van der Waals surface area contributed by atoms with Crippen LogP contribution in [0.1, 0.15) is 35.1 Å². The molecule has 1 fully saturated rings. The number of thiazole rings is 1. The van der Waals surface area contributed by atoms with Gasteiger partial charge in [-0.25, -0.2) is 9.97 Å². The van der Waals surface area contributed by atoms with Crippen molar-refractivity contribution in [1.29, 1.82) is 0 Å². The van der Waals surface area contributed by atoms with Crippen molar-refractivity contribution < 1.29 is 14.3 Å². The molecule has 132 valence electrons. The average molecular weight is 360 g/mol. The Balaban J connectivity index is 1.77. The van der Waals surface area contributed by atoms with Gasteiger partial charge in [-0.3, -0.25) is 14.5 Å². The Morgan fingerprint density at radius 1 is 1.44 bits per heavy atom. The van der Waals surface area contributed by atoms with Crippen molar-refractivity contribution in [3.63, 3.8) is 0 Å². The van der Waals surface area contributed by atoms with E-state index in [0.717, 1.165) is 19.4 Å². The van der Waals surface area contributed by atoms with E-state index >= 15 is 0 Å². The van der Waals surface area contributed by atoms with Gasteiger partial charge in [0, 0.05) is 19.7 Å². The second kappa shape index (κ2) is 7.71. The number of nitrogens with zero attached hydrogens (tertiary/aromatic N) is 3. The Labute approximate surface area is 150 Å². The number of hydrogen-bond acceptors (Lipinski definition) is 6. The van der Waals surface area contributed by atoms with Crippen molar-refractivity contribution in [2.24, 2.45) is 0 Å². The fourth-order valence-corrected chi connectivity index (χ4v) is 3.67. The molecule has 0 radical (unpaired) electrons. The fraction of sp³-hybridized carbons (Fsp3) is 0.412. The largest absolute Gasteiger partial charge is 0.376 e. The summed E-state index contributed by atoms with van der Waals surface area (Å²) in [5.74, 6) is 0.0890. The third-order valence-corrected chi connectivity index (χ3v) is 5.10. The molecule has 0 unspecified atom stereocenters. The van der Waals surface area contributed by atoms with Crippen LogP contribution in [0.15, 0.2) is 24.4 Å². The van der Waals surface area contributed by atoms with E-state index in [2.05, 4.69) is 15.3 Å². The molecular formula is C17H20N4O3S. The SMILES string of the molecule is CC(=O)N(C[C@@H]1CCCO1)c1nc(C)c(C(=O)Nc2ccccn2)s1. The molecule has 0 spiro atoms. The van der Waals surface area contributed by atoms with E-state index in [4.69, 9.17) is 4.74 Å². The van der Waals surface area contributed by atoms with Gasteiger partial charge in [-0.1, -0.05) is 17.4 Å². The quantitative estimate of drug-likeness (QED) is 0.886. The molecule has 0 aliphatic carbocycles. The lowest BCUT2D eigenvalue weighted by atomic mass is 10.2. The maximum Gasteiger partial charge on any atom is 0.268 e. The van der Waals surface area contributed by atoms with Crippen LogP contribution < -0.4 is 10.2 Å². The molecule has 3 heterocycles. The van der Waals surface area contributed by atoms with Crippen LogP contribution in [0.4, 0.5) is 10.9 Å². The van der Waals surface area contributed by atoms with E-state index in [9.17, 15) is 9.59 Å². The predicted octanol–water partition coefficient (Wildman–Crippen LogP) is 2.63. The Morgan fingerprint density at radius 3 is 2.92 bits per heavy atom. The normalized spacial score (nSPS) is 16.6. The Morgan fingerprint density at radius 2 is 2.28 bits per heavy atom. The average Bonchev–Trinajstić information content (AvgIpc) is 3.22. The molecule has 2 amide bonds. The number of aromatic nitrogens is 2. The summed E-state index contributed by atoms with van der Waals surface area (Å²) >= 11 is 1.21. The maximum absolute atomic E-state index is 12.5. The molecule has 1 aliphatic rings. The molecule has 7 nitrogen and oxygen atoms in total. The number of aryl methyl sites for hydroxylation is 1. The van der Waals surface area contributed by atoms with Crippen molar-refractivity contribution in [3.05, 3.63) is 35.0 Å². The zero-order chi connectivity index (χ0) is 17.8. The van der Waals surface area contributed by atoms with Crippen molar-refractivity contribution in [2.75, 3.05) is 23.4 Å². The number of ether oxygens (including phenoxy) is 1. The number of rotatable bonds is 5. The van der Waals surface area contributed by atoms with Crippen molar-refractivity contribution in [1.82, 2.24) is 9.97 Å². The van der Waals surface area contributed by atoms with E-state index in [1.54, 1.807) is 36.2 Å². The zero-order valence-electron chi connectivity index (χ0n) is 14.2. The molecule has 1 atom stereocenters. The first-order valence-electron chi connectivity index (χ1n) is 8.14. The molecular weight excluding hydrogens is 340 g/mol. The maximum atomic E-state index is 12.5. The zero-order valence-corrected chi connectivity index (χ0v) is 15.0. The first-order valence-corrected chi connectivity index (χ1v) is 8.96. The third kappa shape index (κ3) is 4.21. The minimum Gasteiger partial charge on any atom is -0.376 e. The van der Waals surface area contributed by atoms with Gasteiger partial charge in [0.05, 0.1) is 18.3 Å². The number of anilines is 2. The Hall–Kier alpha value is -2.32.